The first-order valence-electron chi connectivity index (χ1n) is 6.28. The third-order valence-corrected chi connectivity index (χ3v) is 4.49. The summed E-state index contributed by atoms with van der Waals surface area (Å²) in [6.07, 6.45) is 0.395. The Kier molecular flexibility index (Phi) is 5.52. The Balaban J connectivity index is 2.09. The minimum Gasteiger partial charge on any atom is -0.467 e. The van der Waals surface area contributed by atoms with E-state index in [9.17, 15) is 9.59 Å². The van der Waals surface area contributed by atoms with E-state index < -0.39 is 12.0 Å². The topological polar surface area (TPSA) is 55.4 Å². The van der Waals surface area contributed by atoms with Gasteiger partial charge in [-0.25, -0.2) is 4.79 Å². The standard InChI is InChI=1S/C15H14BrNO3S/c1-20-15(19)11(9-10-5-3-2-4-6-10)17-14(18)12-7-8-13(16)21-12/h2-8,11H,9H2,1H3,(H,17,18). The number of methoxy groups -OCH3 is 1. The molecule has 21 heavy (non-hydrogen) atoms. The van der Waals surface area contributed by atoms with E-state index in [4.69, 9.17) is 4.74 Å². The van der Waals surface area contributed by atoms with Crippen molar-refractivity contribution in [2.45, 2.75) is 12.5 Å². The van der Waals surface area contributed by atoms with Crippen LogP contribution in [0.5, 0.6) is 0 Å². The van der Waals surface area contributed by atoms with E-state index in [-0.39, 0.29) is 5.91 Å². The first-order valence-corrected chi connectivity index (χ1v) is 7.89. The number of rotatable bonds is 5. The van der Waals surface area contributed by atoms with Crippen molar-refractivity contribution in [2.24, 2.45) is 0 Å². The van der Waals surface area contributed by atoms with Gasteiger partial charge in [0.25, 0.3) is 5.91 Å². The molecule has 4 nitrogen and oxygen atoms in total. The lowest BCUT2D eigenvalue weighted by molar-refractivity contribution is -0.142. The summed E-state index contributed by atoms with van der Waals surface area (Å²) in [7, 11) is 1.31. The first kappa shape index (κ1) is 15.7. The van der Waals surface area contributed by atoms with Crippen molar-refractivity contribution in [1.82, 2.24) is 5.32 Å². The molecule has 0 fully saturated rings. The number of halogens is 1. The molecular weight excluding hydrogens is 354 g/mol. The Bertz CT molecular complexity index is 627. The second-order valence-corrected chi connectivity index (χ2v) is 6.81. The summed E-state index contributed by atoms with van der Waals surface area (Å²) in [6.45, 7) is 0. The molecule has 1 amide bonds. The molecular formula is C15H14BrNO3S. The number of esters is 1. The van der Waals surface area contributed by atoms with Gasteiger partial charge in [0.05, 0.1) is 15.8 Å². The van der Waals surface area contributed by atoms with Crippen LogP contribution in [0.1, 0.15) is 15.2 Å². The number of benzene rings is 1. The Morgan fingerprint density at radius 3 is 2.52 bits per heavy atom. The Labute approximate surface area is 135 Å². The number of nitrogens with one attached hydrogen (secondary N) is 1. The highest BCUT2D eigenvalue weighted by atomic mass is 79.9. The van der Waals surface area contributed by atoms with Gasteiger partial charge in [-0.05, 0) is 33.6 Å². The molecule has 1 unspecified atom stereocenters. The van der Waals surface area contributed by atoms with Crippen molar-refractivity contribution in [1.29, 1.82) is 0 Å². The van der Waals surface area contributed by atoms with Crippen LogP contribution in [0.4, 0.5) is 0 Å². The average Bonchev–Trinajstić information content (AvgIpc) is 2.93. The second kappa shape index (κ2) is 7.38. The Hall–Kier alpha value is -1.66. The predicted octanol–water partition coefficient (Wildman–Crippen LogP) is 3.02. The molecule has 6 heteroatoms. The lowest BCUT2D eigenvalue weighted by Gasteiger charge is -2.16. The fraction of sp³-hybridized carbons (Fsp3) is 0.200. The number of amides is 1. The van der Waals surface area contributed by atoms with E-state index in [0.717, 1.165) is 9.35 Å². The Morgan fingerprint density at radius 1 is 1.24 bits per heavy atom. The van der Waals surface area contributed by atoms with Crippen LogP contribution < -0.4 is 5.32 Å². The van der Waals surface area contributed by atoms with E-state index in [1.165, 1.54) is 18.4 Å². The van der Waals surface area contributed by atoms with Gasteiger partial charge in [-0.1, -0.05) is 30.3 Å². The summed E-state index contributed by atoms with van der Waals surface area (Å²) in [6, 6.07) is 12.3. The van der Waals surface area contributed by atoms with Gasteiger partial charge in [-0.3, -0.25) is 4.79 Å². The van der Waals surface area contributed by atoms with Crippen LogP contribution in [0.2, 0.25) is 0 Å². The highest BCUT2D eigenvalue weighted by molar-refractivity contribution is 9.11. The zero-order valence-corrected chi connectivity index (χ0v) is 13.7. The predicted molar refractivity (Wildman–Crippen MR) is 85.4 cm³/mol. The van der Waals surface area contributed by atoms with Gasteiger partial charge >= 0.3 is 5.97 Å². The molecule has 1 aromatic carbocycles. The minimum atomic E-state index is -0.703. The van der Waals surface area contributed by atoms with Crippen LogP contribution in [-0.2, 0) is 16.0 Å². The minimum absolute atomic E-state index is 0.281. The van der Waals surface area contributed by atoms with Gasteiger partial charge in [-0.15, -0.1) is 11.3 Å². The fourth-order valence-corrected chi connectivity index (χ4v) is 3.14. The van der Waals surface area contributed by atoms with Gasteiger partial charge in [0.2, 0.25) is 0 Å². The SMILES string of the molecule is COC(=O)C(Cc1ccccc1)NC(=O)c1ccc(Br)s1. The van der Waals surface area contributed by atoms with E-state index in [2.05, 4.69) is 21.2 Å². The van der Waals surface area contributed by atoms with Gasteiger partial charge < -0.3 is 10.1 Å². The van der Waals surface area contributed by atoms with E-state index in [0.29, 0.717) is 11.3 Å². The van der Waals surface area contributed by atoms with Gasteiger partial charge in [-0.2, -0.15) is 0 Å². The monoisotopic (exact) mass is 367 g/mol. The molecule has 0 aliphatic rings. The summed E-state index contributed by atoms with van der Waals surface area (Å²) in [5.41, 5.74) is 0.959. The highest BCUT2D eigenvalue weighted by Gasteiger charge is 2.23. The van der Waals surface area contributed by atoms with Crippen LogP contribution >= 0.6 is 27.3 Å². The summed E-state index contributed by atoms with van der Waals surface area (Å²) in [5, 5.41) is 2.72. The van der Waals surface area contributed by atoms with Crippen LogP contribution in [-0.4, -0.2) is 25.0 Å². The van der Waals surface area contributed by atoms with E-state index in [1.54, 1.807) is 12.1 Å². The maximum atomic E-state index is 12.1. The lowest BCUT2D eigenvalue weighted by atomic mass is 10.1. The summed E-state index contributed by atoms with van der Waals surface area (Å²) in [5.74, 6) is -0.736. The zero-order valence-electron chi connectivity index (χ0n) is 11.3. The largest absolute Gasteiger partial charge is 0.467 e. The van der Waals surface area contributed by atoms with Crippen molar-refractivity contribution in [3.05, 3.63) is 56.7 Å². The zero-order chi connectivity index (χ0) is 15.2. The number of carbonyl (C=O) groups is 2. The molecule has 0 saturated carbocycles. The second-order valence-electron chi connectivity index (χ2n) is 4.34. The third kappa shape index (κ3) is 4.41. The van der Waals surface area contributed by atoms with Crippen molar-refractivity contribution in [2.75, 3.05) is 7.11 Å². The molecule has 0 bridgehead atoms. The van der Waals surface area contributed by atoms with Crippen LogP contribution in [0.25, 0.3) is 0 Å². The Morgan fingerprint density at radius 2 is 1.95 bits per heavy atom. The number of hydrogen-bond acceptors (Lipinski definition) is 4. The van der Waals surface area contributed by atoms with Crippen LogP contribution in [0.15, 0.2) is 46.3 Å². The number of carbonyl (C=O) groups excluding carboxylic acids is 2. The molecule has 0 aliphatic carbocycles. The molecule has 2 rings (SSSR count). The lowest BCUT2D eigenvalue weighted by Crippen LogP contribution is -2.42. The van der Waals surface area contributed by atoms with Gasteiger partial charge in [0.1, 0.15) is 6.04 Å². The smallest absolute Gasteiger partial charge is 0.328 e. The highest BCUT2D eigenvalue weighted by Crippen LogP contribution is 2.22. The van der Waals surface area contributed by atoms with Gasteiger partial charge in [0, 0.05) is 6.42 Å². The first-order chi connectivity index (χ1) is 10.1. The average molecular weight is 368 g/mol. The summed E-state index contributed by atoms with van der Waals surface area (Å²) in [4.78, 5) is 24.5. The van der Waals surface area contributed by atoms with Crippen molar-refractivity contribution >= 4 is 39.1 Å². The van der Waals surface area contributed by atoms with Gasteiger partial charge in [0.15, 0.2) is 0 Å². The molecule has 1 N–H and O–H groups in total. The molecule has 0 spiro atoms. The molecule has 0 radical (unpaired) electrons. The van der Waals surface area contributed by atoms with Crippen LogP contribution in [0, 0.1) is 0 Å². The number of thiophene rings is 1. The maximum Gasteiger partial charge on any atom is 0.328 e. The third-order valence-electron chi connectivity index (χ3n) is 2.87. The molecule has 0 aliphatic heterocycles. The van der Waals surface area contributed by atoms with Crippen molar-refractivity contribution < 1.29 is 14.3 Å². The maximum absolute atomic E-state index is 12.1. The van der Waals surface area contributed by atoms with Crippen molar-refractivity contribution in [3.63, 3.8) is 0 Å². The fourth-order valence-electron chi connectivity index (χ4n) is 1.85. The molecule has 1 aromatic heterocycles. The molecule has 1 atom stereocenters. The van der Waals surface area contributed by atoms with E-state index >= 15 is 0 Å². The van der Waals surface area contributed by atoms with Crippen LogP contribution in [0.3, 0.4) is 0 Å². The summed E-state index contributed by atoms with van der Waals surface area (Å²) < 4.78 is 5.63. The number of hydrogen-bond donors (Lipinski definition) is 1. The molecule has 110 valence electrons. The number of ether oxygens (including phenoxy) is 1. The molecule has 2 aromatic rings. The normalized spacial score (nSPS) is 11.7. The van der Waals surface area contributed by atoms with Crippen molar-refractivity contribution in [3.8, 4) is 0 Å². The van der Waals surface area contributed by atoms with E-state index in [1.807, 2.05) is 30.3 Å². The molecule has 1 heterocycles. The quantitative estimate of drug-likeness (QED) is 0.826. The molecule has 0 saturated heterocycles. The summed E-state index contributed by atoms with van der Waals surface area (Å²) >= 11 is 4.63.